The lowest BCUT2D eigenvalue weighted by atomic mass is 10.1. The maximum Gasteiger partial charge on any atom is 0.145 e. The molecule has 0 bridgehead atoms. The zero-order valence-electron chi connectivity index (χ0n) is 11.7. The van der Waals surface area contributed by atoms with Gasteiger partial charge in [-0.1, -0.05) is 18.2 Å². The Hall–Kier alpha value is -1.94. The second-order valence-electron chi connectivity index (χ2n) is 5.77. The number of hydrogen-bond acceptors (Lipinski definition) is 4. The van der Waals surface area contributed by atoms with Gasteiger partial charge in [-0.15, -0.1) is 11.3 Å². The highest BCUT2D eigenvalue weighted by molar-refractivity contribution is 7.19. The number of aryl methyl sites for hydroxylation is 2. The first-order valence-corrected chi connectivity index (χ1v) is 8.34. The van der Waals surface area contributed by atoms with Gasteiger partial charge in [0.05, 0.1) is 5.39 Å². The van der Waals surface area contributed by atoms with Gasteiger partial charge in [0, 0.05) is 17.1 Å². The van der Waals surface area contributed by atoms with E-state index in [2.05, 4.69) is 39.1 Å². The van der Waals surface area contributed by atoms with Crippen molar-refractivity contribution in [3.63, 3.8) is 0 Å². The van der Waals surface area contributed by atoms with Crippen molar-refractivity contribution in [3.05, 3.63) is 46.6 Å². The molecule has 2 aliphatic rings. The van der Waals surface area contributed by atoms with Gasteiger partial charge in [0.2, 0.25) is 0 Å². The van der Waals surface area contributed by atoms with Crippen molar-refractivity contribution in [2.45, 2.75) is 25.7 Å². The molecule has 0 amide bonds. The number of rotatable bonds is 1. The zero-order valence-corrected chi connectivity index (χ0v) is 12.5. The lowest BCUT2D eigenvalue weighted by Crippen LogP contribution is -2.15. The molecule has 1 aliphatic heterocycles. The third kappa shape index (κ3) is 1.59. The van der Waals surface area contributed by atoms with E-state index < -0.39 is 0 Å². The van der Waals surface area contributed by atoms with Crippen LogP contribution in [0.4, 0.5) is 11.5 Å². The van der Waals surface area contributed by atoms with Crippen LogP contribution in [0.25, 0.3) is 10.2 Å². The molecule has 3 nitrogen and oxygen atoms in total. The average Bonchev–Trinajstić information content (AvgIpc) is 3.20. The molecule has 0 N–H and O–H groups in total. The molecule has 3 heterocycles. The van der Waals surface area contributed by atoms with Gasteiger partial charge in [0.15, 0.2) is 0 Å². The summed E-state index contributed by atoms with van der Waals surface area (Å²) < 4.78 is 0. The Balaban J connectivity index is 1.76. The predicted molar refractivity (Wildman–Crippen MR) is 86.6 cm³/mol. The fraction of sp³-hybridized carbons (Fsp3) is 0.294. The van der Waals surface area contributed by atoms with Gasteiger partial charge >= 0.3 is 0 Å². The van der Waals surface area contributed by atoms with Crippen LogP contribution >= 0.6 is 11.3 Å². The number of benzene rings is 1. The number of aromatic nitrogens is 2. The van der Waals surface area contributed by atoms with Crippen molar-refractivity contribution in [3.8, 4) is 0 Å². The van der Waals surface area contributed by atoms with Crippen LogP contribution < -0.4 is 4.90 Å². The van der Waals surface area contributed by atoms with Crippen LogP contribution in [0.3, 0.4) is 0 Å². The van der Waals surface area contributed by atoms with Crippen molar-refractivity contribution in [1.82, 2.24) is 9.97 Å². The molecule has 4 heteroatoms. The first-order chi connectivity index (χ1) is 10.4. The Morgan fingerprint density at radius 3 is 3.00 bits per heavy atom. The standard InChI is InChI=1S/C17H15N3S/c1-2-6-13-11(4-1)8-9-20(13)16-15-12-5-3-7-14(12)21-17(15)19-10-18-16/h1-2,4,6,10H,3,5,7-9H2. The molecule has 0 spiro atoms. The van der Waals surface area contributed by atoms with Crippen LogP contribution in [-0.4, -0.2) is 16.5 Å². The van der Waals surface area contributed by atoms with Gasteiger partial charge < -0.3 is 4.90 Å². The van der Waals surface area contributed by atoms with Gasteiger partial charge in [-0.05, 0) is 42.9 Å². The van der Waals surface area contributed by atoms with Crippen molar-refractivity contribution in [1.29, 1.82) is 0 Å². The molecule has 3 aromatic rings. The molecular weight excluding hydrogens is 278 g/mol. The molecule has 5 rings (SSSR count). The SMILES string of the molecule is c1ccc2c(c1)CCN2c1ncnc2sc3c(c12)CCC3. The van der Waals surface area contributed by atoms with Crippen LogP contribution in [0, 0.1) is 0 Å². The number of fused-ring (bicyclic) bond motifs is 4. The Morgan fingerprint density at radius 2 is 2.00 bits per heavy atom. The molecule has 0 atom stereocenters. The lowest BCUT2D eigenvalue weighted by molar-refractivity contribution is 0.915. The first-order valence-electron chi connectivity index (χ1n) is 7.52. The lowest BCUT2D eigenvalue weighted by Gasteiger charge is -2.19. The Kier molecular flexibility index (Phi) is 2.38. The van der Waals surface area contributed by atoms with E-state index in [-0.39, 0.29) is 0 Å². The van der Waals surface area contributed by atoms with E-state index in [1.807, 2.05) is 11.3 Å². The summed E-state index contributed by atoms with van der Waals surface area (Å²) in [7, 11) is 0. The molecule has 1 aliphatic carbocycles. The number of hydrogen-bond donors (Lipinski definition) is 0. The Bertz CT molecular complexity index is 852. The molecule has 21 heavy (non-hydrogen) atoms. The van der Waals surface area contributed by atoms with E-state index in [4.69, 9.17) is 0 Å². The van der Waals surface area contributed by atoms with Crippen LogP contribution in [0.15, 0.2) is 30.6 Å². The molecule has 2 aromatic heterocycles. The van der Waals surface area contributed by atoms with E-state index in [1.54, 1.807) is 6.33 Å². The monoisotopic (exact) mass is 293 g/mol. The summed E-state index contributed by atoms with van der Waals surface area (Å²) >= 11 is 1.86. The van der Waals surface area contributed by atoms with Crippen LogP contribution in [0.5, 0.6) is 0 Å². The summed E-state index contributed by atoms with van der Waals surface area (Å²) in [4.78, 5) is 14.2. The van der Waals surface area contributed by atoms with E-state index in [0.29, 0.717) is 0 Å². The normalized spacial score (nSPS) is 16.5. The molecule has 104 valence electrons. The van der Waals surface area contributed by atoms with Gasteiger partial charge in [-0.2, -0.15) is 0 Å². The first kappa shape index (κ1) is 11.7. The molecule has 1 aromatic carbocycles. The fourth-order valence-electron chi connectivity index (χ4n) is 3.67. The second kappa shape index (κ2) is 4.28. The minimum Gasteiger partial charge on any atom is -0.325 e. The average molecular weight is 293 g/mol. The summed E-state index contributed by atoms with van der Waals surface area (Å²) in [6.07, 6.45) is 6.51. The maximum absolute atomic E-state index is 4.66. The summed E-state index contributed by atoms with van der Waals surface area (Å²) in [6, 6.07) is 8.68. The number of para-hydroxylation sites is 1. The smallest absolute Gasteiger partial charge is 0.145 e. The number of anilines is 2. The highest BCUT2D eigenvalue weighted by Crippen LogP contribution is 2.43. The van der Waals surface area contributed by atoms with Crippen LogP contribution in [0.1, 0.15) is 22.4 Å². The minimum absolute atomic E-state index is 1.02. The molecule has 0 unspecified atom stereocenters. The predicted octanol–water partition coefficient (Wildman–Crippen LogP) is 3.87. The van der Waals surface area contributed by atoms with E-state index >= 15 is 0 Å². The largest absolute Gasteiger partial charge is 0.325 e. The topological polar surface area (TPSA) is 29.0 Å². The van der Waals surface area contributed by atoms with Crippen LogP contribution in [0.2, 0.25) is 0 Å². The quantitative estimate of drug-likeness (QED) is 0.682. The van der Waals surface area contributed by atoms with E-state index in [0.717, 1.165) is 23.6 Å². The molecule has 0 saturated heterocycles. The van der Waals surface area contributed by atoms with E-state index in [1.165, 1.54) is 46.3 Å². The summed E-state index contributed by atoms with van der Waals surface area (Å²) in [5.41, 5.74) is 4.25. The van der Waals surface area contributed by atoms with Crippen molar-refractivity contribution < 1.29 is 0 Å². The van der Waals surface area contributed by atoms with Crippen molar-refractivity contribution in [2.75, 3.05) is 11.4 Å². The molecule has 0 fully saturated rings. The maximum atomic E-state index is 4.66. The number of nitrogens with zero attached hydrogens (tertiary/aromatic N) is 3. The highest BCUT2D eigenvalue weighted by atomic mass is 32.1. The summed E-state index contributed by atoms with van der Waals surface area (Å²) in [6.45, 7) is 1.02. The highest BCUT2D eigenvalue weighted by Gasteiger charge is 2.27. The molecule has 0 saturated carbocycles. The summed E-state index contributed by atoms with van der Waals surface area (Å²) in [5.74, 6) is 1.12. The summed E-state index contributed by atoms with van der Waals surface area (Å²) in [5, 5.41) is 1.31. The fourth-order valence-corrected chi connectivity index (χ4v) is 4.90. The molecule has 0 radical (unpaired) electrons. The zero-order chi connectivity index (χ0) is 13.8. The van der Waals surface area contributed by atoms with Gasteiger partial charge in [-0.3, -0.25) is 0 Å². The molecular formula is C17H15N3S. The van der Waals surface area contributed by atoms with Crippen molar-refractivity contribution >= 4 is 33.1 Å². The number of thiophene rings is 1. The Morgan fingerprint density at radius 1 is 1.05 bits per heavy atom. The minimum atomic E-state index is 1.02. The van der Waals surface area contributed by atoms with Crippen molar-refractivity contribution in [2.24, 2.45) is 0 Å². The van der Waals surface area contributed by atoms with E-state index in [9.17, 15) is 0 Å². The Labute approximate surface area is 127 Å². The van der Waals surface area contributed by atoms with Gasteiger partial charge in [0.25, 0.3) is 0 Å². The van der Waals surface area contributed by atoms with Gasteiger partial charge in [0.1, 0.15) is 17.0 Å². The third-order valence-electron chi connectivity index (χ3n) is 4.62. The van der Waals surface area contributed by atoms with Gasteiger partial charge in [-0.25, -0.2) is 9.97 Å². The second-order valence-corrected chi connectivity index (χ2v) is 6.85. The third-order valence-corrected chi connectivity index (χ3v) is 5.82. The van der Waals surface area contributed by atoms with Crippen LogP contribution in [-0.2, 0) is 19.3 Å².